The number of aromatic nitrogens is 3. The number of anilines is 2. The zero-order valence-corrected chi connectivity index (χ0v) is 15.4. The van der Waals surface area contributed by atoms with Crippen LogP contribution >= 0.6 is 0 Å². The van der Waals surface area contributed by atoms with Crippen molar-refractivity contribution in [3.8, 4) is 11.8 Å². The number of pyridine rings is 1. The van der Waals surface area contributed by atoms with Crippen LogP contribution in [-0.4, -0.2) is 15.2 Å². The Kier molecular flexibility index (Phi) is 5.95. The van der Waals surface area contributed by atoms with E-state index < -0.39 is 0 Å². The van der Waals surface area contributed by atoms with Crippen LogP contribution in [0.3, 0.4) is 0 Å². The van der Waals surface area contributed by atoms with Gasteiger partial charge in [-0.05, 0) is 42.7 Å². The Morgan fingerprint density at radius 2 is 1.96 bits per heavy atom. The van der Waals surface area contributed by atoms with Gasteiger partial charge in [-0.25, -0.2) is 0 Å². The van der Waals surface area contributed by atoms with Gasteiger partial charge in [-0.15, -0.1) is 5.10 Å². The molecule has 27 heavy (non-hydrogen) atoms. The first-order chi connectivity index (χ1) is 13.2. The molecule has 0 aliphatic rings. The summed E-state index contributed by atoms with van der Waals surface area (Å²) in [4.78, 5) is 4.25. The van der Waals surface area contributed by atoms with Crippen molar-refractivity contribution < 1.29 is 4.74 Å². The first-order valence-corrected chi connectivity index (χ1v) is 8.93. The lowest BCUT2D eigenvalue weighted by Gasteiger charge is -2.13. The highest BCUT2D eigenvalue weighted by Crippen LogP contribution is 2.25. The fraction of sp³-hybridized carbons (Fsp3) is 0.238. The second-order valence-corrected chi connectivity index (χ2v) is 5.93. The Bertz CT molecular complexity index is 951. The largest absolute Gasteiger partial charge is 0.487 e. The molecule has 0 saturated heterocycles. The molecule has 0 spiro atoms. The maximum Gasteiger partial charge on any atom is 0.171 e. The summed E-state index contributed by atoms with van der Waals surface area (Å²) in [5, 5.41) is 21.3. The Hall–Kier alpha value is -3.46. The third-order valence-corrected chi connectivity index (χ3v) is 4.17. The molecule has 3 aromatic rings. The average Bonchev–Trinajstić information content (AvgIpc) is 2.72. The van der Waals surface area contributed by atoms with Crippen LogP contribution in [-0.2, 0) is 19.4 Å². The van der Waals surface area contributed by atoms with Crippen LogP contribution in [0.4, 0.5) is 11.5 Å². The van der Waals surface area contributed by atoms with Crippen LogP contribution in [0.25, 0.3) is 0 Å². The van der Waals surface area contributed by atoms with Gasteiger partial charge in [0.1, 0.15) is 24.0 Å². The lowest BCUT2D eigenvalue weighted by molar-refractivity contribution is 0.301. The van der Waals surface area contributed by atoms with Gasteiger partial charge in [-0.2, -0.15) is 10.4 Å². The van der Waals surface area contributed by atoms with Gasteiger partial charge in [-0.3, -0.25) is 4.98 Å². The van der Waals surface area contributed by atoms with E-state index in [-0.39, 0.29) is 0 Å². The summed E-state index contributed by atoms with van der Waals surface area (Å²) in [6, 6.07) is 15.5. The van der Waals surface area contributed by atoms with Gasteiger partial charge in [-0.1, -0.05) is 26.0 Å². The van der Waals surface area contributed by atoms with Crippen LogP contribution in [0.2, 0.25) is 0 Å². The number of nitrogens with zero attached hydrogens (tertiary/aromatic N) is 4. The van der Waals surface area contributed by atoms with Crippen molar-refractivity contribution in [3.05, 3.63) is 71.2 Å². The standard InChI is InChI=1S/C21H21N5O/c1-3-18-19(13-22)21(26-25-20(18)4-2)24-15-9-7-10-17(12-15)27-14-16-8-5-6-11-23-16/h5-12H,3-4,14H2,1-2H3,(H,24,26). The normalized spacial score (nSPS) is 10.3. The third-order valence-electron chi connectivity index (χ3n) is 4.17. The average molecular weight is 359 g/mol. The topological polar surface area (TPSA) is 83.7 Å². The molecule has 0 radical (unpaired) electrons. The van der Waals surface area contributed by atoms with Crippen LogP contribution in [0.15, 0.2) is 48.7 Å². The molecule has 0 saturated carbocycles. The Morgan fingerprint density at radius 1 is 1.07 bits per heavy atom. The number of hydrogen-bond acceptors (Lipinski definition) is 6. The zero-order chi connectivity index (χ0) is 19.1. The van der Waals surface area contributed by atoms with Crippen LogP contribution < -0.4 is 10.1 Å². The van der Waals surface area contributed by atoms with E-state index in [9.17, 15) is 5.26 Å². The molecule has 0 bridgehead atoms. The first-order valence-electron chi connectivity index (χ1n) is 8.93. The van der Waals surface area contributed by atoms with Crippen molar-refractivity contribution >= 4 is 11.5 Å². The van der Waals surface area contributed by atoms with Gasteiger partial charge in [0.15, 0.2) is 5.82 Å². The predicted molar refractivity (Wildman–Crippen MR) is 104 cm³/mol. The molecule has 2 aromatic heterocycles. The predicted octanol–water partition coefficient (Wildman–Crippen LogP) is 4.19. The number of benzene rings is 1. The SMILES string of the molecule is CCc1nnc(Nc2cccc(OCc3ccccn3)c2)c(C#N)c1CC. The minimum absolute atomic E-state index is 0.388. The molecule has 3 rings (SSSR count). The van der Waals surface area contributed by atoms with Gasteiger partial charge < -0.3 is 10.1 Å². The Balaban J connectivity index is 1.79. The van der Waals surface area contributed by atoms with Crippen LogP contribution in [0.5, 0.6) is 5.75 Å². The van der Waals surface area contributed by atoms with Crippen molar-refractivity contribution in [1.82, 2.24) is 15.2 Å². The van der Waals surface area contributed by atoms with Crippen molar-refractivity contribution in [3.63, 3.8) is 0 Å². The lowest BCUT2D eigenvalue weighted by Crippen LogP contribution is -2.07. The molecule has 2 heterocycles. The molecular formula is C21H21N5O. The van der Waals surface area contributed by atoms with Gasteiger partial charge in [0, 0.05) is 18.0 Å². The van der Waals surface area contributed by atoms with Crippen LogP contribution in [0, 0.1) is 11.3 Å². The Morgan fingerprint density at radius 3 is 2.67 bits per heavy atom. The van der Waals surface area contributed by atoms with E-state index >= 15 is 0 Å². The quantitative estimate of drug-likeness (QED) is 0.681. The summed E-state index contributed by atoms with van der Waals surface area (Å²) in [7, 11) is 0. The highest BCUT2D eigenvalue weighted by molar-refractivity contribution is 5.65. The molecule has 1 N–H and O–H groups in total. The molecule has 1 aromatic carbocycles. The molecule has 0 atom stereocenters. The number of nitrogens with one attached hydrogen (secondary N) is 1. The highest BCUT2D eigenvalue weighted by Gasteiger charge is 2.14. The molecule has 0 aliphatic heterocycles. The molecule has 6 nitrogen and oxygen atoms in total. The molecule has 0 unspecified atom stereocenters. The van der Waals surface area contributed by atoms with Crippen molar-refractivity contribution in [2.45, 2.75) is 33.3 Å². The van der Waals surface area contributed by atoms with E-state index in [2.05, 4.69) is 26.6 Å². The second-order valence-electron chi connectivity index (χ2n) is 5.93. The van der Waals surface area contributed by atoms with Gasteiger partial charge in [0.25, 0.3) is 0 Å². The molecule has 0 fully saturated rings. The fourth-order valence-electron chi connectivity index (χ4n) is 2.82. The minimum Gasteiger partial charge on any atom is -0.487 e. The molecular weight excluding hydrogens is 338 g/mol. The van der Waals surface area contributed by atoms with Crippen molar-refractivity contribution in [2.24, 2.45) is 0 Å². The number of rotatable bonds is 7. The van der Waals surface area contributed by atoms with Crippen molar-refractivity contribution in [1.29, 1.82) is 5.26 Å². The summed E-state index contributed by atoms with van der Waals surface area (Å²) in [6.07, 6.45) is 3.23. The van der Waals surface area contributed by atoms with Gasteiger partial charge >= 0.3 is 0 Å². The van der Waals surface area contributed by atoms with E-state index in [0.717, 1.165) is 35.5 Å². The van der Waals surface area contributed by atoms with E-state index in [0.29, 0.717) is 23.7 Å². The van der Waals surface area contributed by atoms with Crippen molar-refractivity contribution in [2.75, 3.05) is 5.32 Å². The second kappa shape index (κ2) is 8.77. The molecule has 136 valence electrons. The summed E-state index contributed by atoms with van der Waals surface area (Å²) in [5.41, 5.74) is 4.00. The first kappa shape index (κ1) is 18.3. The van der Waals surface area contributed by atoms with E-state index in [1.807, 2.05) is 56.3 Å². The fourth-order valence-corrected chi connectivity index (χ4v) is 2.82. The van der Waals surface area contributed by atoms with E-state index in [1.54, 1.807) is 6.20 Å². The third kappa shape index (κ3) is 4.39. The monoisotopic (exact) mass is 359 g/mol. The van der Waals surface area contributed by atoms with Gasteiger partial charge in [0.05, 0.1) is 11.4 Å². The number of ether oxygens (including phenoxy) is 1. The molecule has 0 amide bonds. The minimum atomic E-state index is 0.388. The maximum absolute atomic E-state index is 9.60. The maximum atomic E-state index is 9.60. The van der Waals surface area contributed by atoms with E-state index in [1.165, 1.54) is 0 Å². The summed E-state index contributed by atoms with van der Waals surface area (Å²) < 4.78 is 5.80. The lowest BCUT2D eigenvalue weighted by atomic mass is 10.0. The number of nitriles is 1. The Labute approximate surface area is 158 Å². The summed E-state index contributed by atoms with van der Waals surface area (Å²) in [5.74, 6) is 1.17. The smallest absolute Gasteiger partial charge is 0.171 e. The molecule has 0 aliphatic carbocycles. The number of hydrogen-bond donors (Lipinski definition) is 1. The van der Waals surface area contributed by atoms with Crippen LogP contribution in [0.1, 0.15) is 36.4 Å². The highest BCUT2D eigenvalue weighted by atomic mass is 16.5. The summed E-state index contributed by atoms with van der Waals surface area (Å²) in [6.45, 7) is 4.42. The zero-order valence-electron chi connectivity index (χ0n) is 15.4. The summed E-state index contributed by atoms with van der Waals surface area (Å²) >= 11 is 0. The van der Waals surface area contributed by atoms with Gasteiger partial charge in [0.2, 0.25) is 0 Å². The van der Waals surface area contributed by atoms with E-state index in [4.69, 9.17) is 4.74 Å². The number of aryl methyl sites for hydroxylation is 1. The molecule has 6 heteroatoms.